The highest BCUT2D eigenvalue weighted by Crippen LogP contribution is 2.22. The van der Waals surface area contributed by atoms with Crippen LogP contribution in [0.3, 0.4) is 0 Å². The summed E-state index contributed by atoms with van der Waals surface area (Å²) in [5.74, 6) is 0.726. The lowest BCUT2D eigenvalue weighted by atomic mass is 9.97. The fourth-order valence-electron chi connectivity index (χ4n) is 3.88. The summed E-state index contributed by atoms with van der Waals surface area (Å²) in [5, 5.41) is 10.0. The number of hydrogen-bond donors (Lipinski definition) is 2. The summed E-state index contributed by atoms with van der Waals surface area (Å²) in [6.07, 6.45) is 3.16. The average molecular weight is 451 g/mol. The number of nitrogens with zero attached hydrogens (tertiary/aromatic N) is 4. The second kappa shape index (κ2) is 9.44. The molecule has 3 aromatic rings. The molecule has 32 heavy (non-hydrogen) atoms. The van der Waals surface area contributed by atoms with Crippen molar-refractivity contribution >= 4 is 29.9 Å². The van der Waals surface area contributed by atoms with Crippen LogP contribution in [0.1, 0.15) is 24.0 Å². The number of amides is 2. The maximum atomic E-state index is 13.1. The zero-order valence-electron chi connectivity index (χ0n) is 18.2. The van der Waals surface area contributed by atoms with E-state index in [4.69, 9.17) is 12.2 Å². The predicted molar refractivity (Wildman–Crippen MR) is 124 cm³/mol. The summed E-state index contributed by atoms with van der Waals surface area (Å²) in [5.41, 5.74) is 2.93. The molecule has 166 valence electrons. The lowest BCUT2D eigenvalue weighted by Crippen LogP contribution is -2.45. The minimum Gasteiger partial charge on any atom is -0.340 e. The van der Waals surface area contributed by atoms with Crippen molar-refractivity contribution in [3.8, 4) is 11.4 Å². The smallest absolute Gasteiger partial charge is 0.242 e. The topological polar surface area (TPSA) is 95.9 Å². The molecule has 3 heterocycles. The molecule has 1 unspecified atom stereocenters. The number of aryl methyl sites for hydroxylation is 2. The summed E-state index contributed by atoms with van der Waals surface area (Å²) in [4.78, 5) is 31.9. The molecule has 1 fully saturated rings. The first-order chi connectivity index (χ1) is 15.4. The Bertz CT molecular complexity index is 1180. The van der Waals surface area contributed by atoms with Crippen LogP contribution in [0.25, 0.3) is 11.4 Å². The summed E-state index contributed by atoms with van der Waals surface area (Å²) in [6.45, 7) is 4.99. The van der Waals surface area contributed by atoms with Crippen molar-refractivity contribution in [2.75, 3.05) is 18.4 Å². The number of hydrogen-bond acceptors (Lipinski definition) is 5. The van der Waals surface area contributed by atoms with Gasteiger partial charge >= 0.3 is 0 Å². The van der Waals surface area contributed by atoms with Crippen molar-refractivity contribution in [3.63, 3.8) is 0 Å². The van der Waals surface area contributed by atoms with Crippen molar-refractivity contribution < 1.29 is 9.59 Å². The van der Waals surface area contributed by atoms with Crippen LogP contribution in [0.5, 0.6) is 0 Å². The second-order valence-electron chi connectivity index (χ2n) is 8.14. The molecule has 1 atom stereocenters. The average Bonchev–Trinajstić information content (AvgIpc) is 3.16. The van der Waals surface area contributed by atoms with Gasteiger partial charge in [0.05, 0.1) is 5.92 Å². The van der Waals surface area contributed by atoms with Crippen LogP contribution < -0.4 is 5.32 Å². The molecule has 4 rings (SSSR count). The van der Waals surface area contributed by atoms with Crippen LogP contribution in [-0.2, 0) is 16.1 Å². The lowest BCUT2D eigenvalue weighted by Gasteiger charge is -2.32. The molecule has 0 saturated carbocycles. The number of pyridine rings is 1. The first-order valence-corrected chi connectivity index (χ1v) is 11.1. The van der Waals surface area contributed by atoms with Crippen LogP contribution in [0.2, 0.25) is 0 Å². The van der Waals surface area contributed by atoms with Gasteiger partial charge in [0.1, 0.15) is 12.4 Å². The third kappa shape index (κ3) is 4.77. The third-order valence-corrected chi connectivity index (χ3v) is 6.07. The number of anilines is 1. The Morgan fingerprint density at radius 2 is 2.00 bits per heavy atom. The van der Waals surface area contributed by atoms with Crippen LogP contribution in [0.4, 0.5) is 5.82 Å². The Morgan fingerprint density at radius 3 is 2.75 bits per heavy atom. The number of piperidine rings is 1. The maximum Gasteiger partial charge on any atom is 0.242 e. The Labute approximate surface area is 191 Å². The first-order valence-electron chi connectivity index (χ1n) is 10.6. The van der Waals surface area contributed by atoms with Gasteiger partial charge in [-0.05, 0) is 50.5 Å². The predicted octanol–water partition coefficient (Wildman–Crippen LogP) is 3.50. The molecule has 2 N–H and O–H groups in total. The van der Waals surface area contributed by atoms with Crippen LogP contribution in [0, 0.1) is 24.5 Å². The van der Waals surface area contributed by atoms with Crippen molar-refractivity contribution in [1.29, 1.82) is 0 Å². The molecule has 0 radical (unpaired) electrons. The van der Waals surface area contributed by atoms with Gasteiger partial charge in [-0.15, -0.1) is 0 Å². The molecule has 1 aromatic carbocycles. The molecule has 2 aromatic heterocycles. The van der Waals surface area contributed by atoms with Gasteiger partial charge in [0.15, 0.2) is 10.6 Å². The van der Waals surface area contributed by atoms with Crippen LogP contribution >= 0.6 is 12.2 Å². The Balaban J connectivity index is 1.45. The molecule has 1 aliphatic heterocycles. The molecular formula is C23H26N6O2S. The fraction of sp³-hybridized carbons (Fsp3) is 0.348. The fourth-order valence-corrected chi connectivity index (χ4v) is 4.07. The van der Waals surface area contributed by atoms with E-state index in [2.05, 4.69) is 20.5 Å². The minimum absolute atomic E-state index is 0.0756. The van der Waals surface area contributed by atoms with Gasteiger partial charge in [-0.1, -0.05) is 35.9 Å². The Morgan fingerprint density at radius 1 is 1.22 bits per heavy atom. The number of aromatic amines is 1. The van der Waals surface area contributed by atoms with Crippen molar-refractivity contribution in [3.05, 3.63) is 58.5 Å². The number of carbonyl (C=O) groups is 2. The van der Waals surface area contributed by atoms with Gasteiger partial charge in [0.2, 0.25) is 11.8 Å². The van der Waals surface area contributed by atoms with Gasteiger partial charge in [0.25, 0.3) is 0 Å². The monoisotopic (exact) mass is 450 g/mol. The SMILES string of the molecule is Cc1ccc(-c2n[nH]c(=S)n2CC(=O)N2CCCC(C(=O)Nc3ncccc3C)C2)cc1. The van der Waals surface area contributed by atoms with Crippen LogP contribution in [-0.4, -0.2) is 49.6 Å². The van der Waals surface area contributed by atoms with E-state index in [1.165, 1.54) is 0 Å². The van der Waals surface area contributed by atoms with E-state index in [-0.39, 0.29) is 24.3 Å². The zero-order chi connectivity index (χ0) is 22.7. The summed E-state index contributed by atoms with van der Waals surface area (Å²) >= 11 is 5.37. The summed E-state index contributed by atoms with van der Waals surface area (Å²) < 4.78 is 2.11. The number of carbonyl (C=O) groups excluding carboxylic acids is 2. The third-order valence-electron chi connectivity index (χ3n) is 5.76. The summed E-state index contributed by atoms with van der Waals surface area (Å²) in [7, 11) is 0. The van der Waals surface area contributed by atoms with Gasteiger partial charge in [-0.3, -0.25) is 19.3 Å². The van der Waals surface area contributed by atoms with Gasteiger partial charge in [-0.2, -0.15) is 5.10 Å². The number of aromatic nitrogens is 4. The molecular weight excluding hydrogens is 424 g/mol. The molecule has 8 nitrogen and oxygen atoms in total. The number of benzene rings is 1. The van der Waals surface area contributed by atoms with Crippen LogP contribution in [0.15, 0.2) is 42.6 Å². The molecule has 1 aliphatic rings. The Kier molecular flexibility index (Phi) is 6.45. The van der Waals surface area contributed by atoms with E-state index in [0.29, 0.717) is 29.5 Å². The minimum atomic E-state index is -0.275. The van der Waals surface area contributed by atoms with E-state index in [9.17, 15) is 9.59 Å². The quantitative estimate of drug-likeness (QED) is 0.580. The molecule has 0 bridgehead atoms. The van der Waals surface area contributed by atoms with Gasteiger partial charge < -0.3 is 10.2 Å². The number of rotatable bonds is 5. The first kappa shape index (κ1) is 21.9. The van der Waals surface area contributed by atoms with Crippen molar-refractivity contribution in [2.24, 2.45) is 5.92 Å². The standard InChI is InChI=1S/C23H26N6O2S/c1-15-7-9-17(10-8-15)21-26-27-23(32)29(21)14-19(30)28-12-4-6-18(13-28)22(31)25-20-16(2)5-3-11-24-20/h3,5,7-11,18H,4,6,12-14H2,1-2H3,(H,27,32)(H,24,25,31). The van der Waals surface area contributed by atoms with Crippen molar-refractivity contribution in [1.82, 2.24) is 24.6 Å². The number of H-pyrrole nitrogens is 1. The van der Waals surface area contributed by atoms with Crippen molar-refractivity contribution in [2.45, 2.75) is 33.2 Å². The largest absolute Gasteiger partial charge is 0.340 e. The molecule has 0 spiro atoms. The second-order valence-corrected chi connectivity index (χ2v) is 8.53. The van der Waals surface area contributed by atoms with E-state index >= 15 is 0 Å². The summed E-state index contributed by atoms with van der Waals surface area (Å²) in [6, 6.07) is 11.6. The highest BCUT2D eigenvalue weighted by Gasteiger charge is 2.29. The van der Waals surface area contributed by atoms with Gasteiger partial charge in [-0.25, -0.2) is 4.98 Å². The highest BCUT2D eigenvalue weighted by atomic mass is 32.1. The zero-order valence-corrected chi connectivity index (χ0v) is 19.0. The molecule has 2 amide bonds. The van der Waals surface area contributed by atoms with E-state index < -0.39 is 0 Å². The normalized spacial score (nSPS) is 16.1. The lowest BCUT2D eigenvalue weighted by molar-refractivity contribution is -0.135. The maximum absolute atomic E-state index is 13.1. The molecule has 9 heteroatoms. The number of likely N-dealkylation sites (tertiary alicyclic amines) is 1. The molecule has 1 saturated heterocycles. The van der Waals surface area contributed by atoms with Gasteiger partial charge in [0, 0.05) is 24.8 Å². The van der Waals surface area contributed by atoms with E-state index in [0.717, 1.165) is 29.5 Å². The Hall–Kier alpha value is -3.33. The van der Waals surface area contributed by atoms with E-state index in [1.807, 2.05) is 50.2 Å². The number of nitrogens with one attached hydrogen (secondary N) is 2. The van der Waals surface area contributed by atoms with E-state index in [1.54, 1.807) is 15.7 Å². The molecule has 0 aliphatic carbocycles. The highest BCUT2D eigenvalue weighted by molar-refractivity contribution is 7.71.